The highest BCUT2D eigenvalue weighted by Crippen LogP contribution is 2.33. The zero-order valence-electron chi connectivity index (χ0n) is 20.3. The molecular formula is C26H35N3O6. The number of hydrogen-bond acceptors (Lipinski definition) is 9. The molecule has 0 amide bonds. The largest absolute Gasteiger partial charge is 0.467 e. The predicted molar refractivity (Wildman–Crippen MR) is 131 cm³/mol. The van der Waals surface area contributed by atoms with Crippen molar-refractivity contribution in [2.75, 3.05) is 64.6 Å². The third-order valence-electron chi connectivity index (χ3n) is 5.92. The molecule has 35 heavy (non-hydrogen) atoms. The Morgan fingerprint density at radius 1 is 1.14 bits per heavy atom. The number of aliphatic hydroxyl groups excluding tert-OH is 1. The summed E-state index contributed by atoms with van der Waals surface area (Å²) in [5, 5.41) is 15.2. The molecule has 1 N–H and O–H groups in total. The quantitative estimate of drug-likeness (QED) is 0.346. The lowest BCUT2D eigenvalue weighted by Crippen LogP contribution is -2.38. The van der Waals surface area contributed by atoms with Gasteiger partial charge in [0.1, 0.15) is 18.1 Å². The third-order valence-corrected chi connectivity index (χ3v) is 5.92. The van der Waals surface area contributed by atoms with Crippen LogP contribution in [0, 0.1) is 0 Å². The molecule has 3 heterocycles. The van der Waals surface area contributed by atoms with E-state index in [4.69, 9.17) is 23.2 Å². The normalized spacial score (nSPS) is 15.1. The van der Waals surface area contributed by atoms with E-state index in [1.807, 2.05) is 42.5 Å². The minimum Gasteiger partial charge on any atom is -0.467 e. The number of benzene rings is 1. The summed E-state index contributed by atoms with van der Waals surface area (Å²) in [7, 11) is 1.70. The Labute approximate surface area is 206 Å². The van der Waals surface area contributed by atoms with Crippen molar-refractivity contribution in [2.45, 2.75) is 25.7 Å². The summed E-state index contributed by atoms with van der Waals surface area (Å²) in [5.41, 5.74) is 2.84. The topological polar surface area (TPSA) is 93.6 Å². The fourth-order valence-corrected chi connectivity index (χ4v) is 4.21. The molecule has 1 aliphatic heterocycles. The van der Waals surface area contributed by atoms with Gasteiger partial charge in [-0.3, -0.25) is 4.90 Å². The van der Waals surface area contributed by atoms with Crippen LogP contribution in [-0.2, 0) is 27.4 Å². The van der Waals surface area contributed by atoms with E-state index in [0.29, 0.717) is 39.5 Å². The van der Waals surface area contributed by atoms with Crippen LogP contribution in [0.5, 0.6) is 0 Å². The number of furan rings is 1. The average Bonchev–Trinajstić information content (AvgIpc) is 3.55. The molecule has 0 radical (unpaired) electrons. The number of methoxy groups -OCH3 is 1. The Morgan fingerprint density at radius 2 is 1.97 bits per heavy atom. The van der Waals surface area contributed by atoms with Crippen molar-refractivity contribution in [3.05, 3.63) is 60.1 Å². The number of hydrogen-bond donors (Lipinski definition) is 1. The Kier molecular flexibility index (Phi) is 9.74. The molecule has 0 bridgehead atoms. The van der Waals surface area contributed by atoms with E-state index >= 15 is 0 Å². The SMILES string of the molecule is COCCCN(Cc1c(-c2ccccc2)noc1N1CCOCC1)CC(O)COCc1ccco1. The van der Waals surface area contributed by atoms with Crippen molar-refractivity contribution in [3.8, 4) is 11.3 Å². The second-order valence-corrected chi connectivity index (χ2v) is 8.61. The molecule has 190 valence electrons. The van der Waals surface area contributed by atoms with Crippen LogP contribution in [0.15, 0.2) is 57.7 Å². The lowest BCUT2D eigenvalue weighted by molar-refractivity contribution is 0.00282. The molecule has 9 heteroatoms. The maximum absolute atomic E-state index is 10.7. The lowest BCUT2D eigenvalue weighted by Gasteiger charge is -2.29. The van der Waals surface area contributed by atoms with Gasteiger partial charge in [-0.2, -0.15) is 0 Å². The number of morpholine rings is 1. The highest BCUT2D eigenvalue weighted by molar-refractivity contribution is 5.68. The van der Waals surface area contributed by atoms with Crippen LogP contribution >= 0.6 is 0 Å². The molecule has 1 aliphatic rings. The van der Waals surface area contributed by atoms with E-state index in [9.17, 15) is 5.11 Å². The van der Waals surface area contributed by atoms with Crippen molar-refractivity contribution in [1.29, 1.82) is 0 Å². The van der Waals surface area contributed by atoms with E-state index in [-0.39, 0.29) is 6.61 Å². The predicted octanol–water partition coefficient (Wildman–Crippen LogP) is 3.19. The molecule has 0 spiro atoms. The number of ether oxygens (including phenoxy) is 3. The van der Waals surface area contributed by atoms with Gasteiger partial charge in [0.15, 0.2) is 0 Å². The van der Waals surface area contributed by atoms with Crippen molar-refractivity contribution in [2.24, 2.45) is 0 Å². The Balaban J connectivity index is 1.49. The molecule has 9 nitrogen and oxygen atoms in total. The molecule has 1 fully saturated rings. The first-order chi connectivity index (χ1) is 17.2. The van der Waals surface area contributed by atoms with Gasteiger partial charge in [0.25, 0.3) is 0 Å². The molecule has 1 unspecified atom stereocenters. The van der Waals surface area contributed by atoms with Crippen LogP contribution in [-0.4, -0.2) is 81.0 Å². The van der Waals surface area contributed by atoms with E-state index in [2.05, 4.69) is 15.0 Å². The van der Waals surface area contributed by atoms with E-state index in [0.717, 1.165) is 54.5 Å². The van der Waals surface area contributed by atoms with Gasteiger partial charge in [-0.15, -0.1) is 0 Å². The summed E-state index contributed by atoms with van der Waals surface area (Å²) in [6.07, 6.45) is 1.80. The van der Waals surface area contributed by atoms with Crippen LogP contribution < -0.4 is 4.90 Å². The smallest absolute Gasteiger partial charge is 0.232 e. The zero-order chi connectivity index (χ0) is 24.3. The number of rotatable bonds is 14. The fraction of sp³-hybridized carbons (Fsp3) is 0.500. The molecule has 1 saturated heterocycles. The second-order valence-electron chi connectivity index (χ2n) is 8.61. The van der Waals surface area contributed by atoms with Crippen LogP contribution in [0.3, 0.4) is 0 Å². The maximum atomic E-state index is 10.7. The maximum Gasteiger partial charge on any atom is 0.232 e. The van der Waals surface area contributed by atoms with Crippen LogP contribution in [0.4, 0.5) is 5.88 Å². The second kappa shape index (κ2) is 13.4. The molecule has 3 aromatic rings. The van der Waals surface area contributed by atoms with E-state index in [1.165, 1.54) is 0 Å². The van der Waals surface area contributed by atoms with Crippen molar-refractivity contribution in [1.82, 2.24) is 10.1 Å². The lowest BCUT2D eigenvalue weighted by atomic mass is 10.1. The molecule has 2 aromatic heterocycles. The summed E-state index contributed by atoms with van der Waals surface area (Å²) in [5.74, 6) is 1.51. The summed E-state index contributed by atoms with van der Waals surface area (Å²) >= 11 is 0. The Bertz CT molecular complexity index is 972. The van der Waals surface area contributed by atoms with Crippen molar-refractivity contribution >= 4 is 5.88 Å². The Morgan fingerprint density at radius 3 is 2.71 bits per heavy atom. The average molecular weight is 486 g/mol. The zero-order valence-corrected chi connectivity index (χ0v) is 20.3. The molecule has 0 aliphatic carbocycles. The van der Waals surface area contributed by atoms with Gasteiger partial charge >= 0.3 is 0 Å². The van der Waals surface area contributed by atoms with Crippen LogP contribution in [0.25, 0.3) is 11.3 Å². The minimum absolute atomic E-state index is 0.215. The van der Waals surface area contributed by atoms with Crippen LogP contribution in [0.2, 0.25) is 0 Å². The molecule has 1 aromatic carbocycles. The van der Waals surface area contributed by atoms with Crippen molar-refractivity contribution < 1.29 is 28.3 Å². The van der Waals surface area contributed by atoms with Gasteiger partial charge in [-0.1, -0.05) is 35.5 Å². The highest BCUT2D eigenvalue weighted by Gasteiger charge is 2.26. The first-order valence-electron chi connectivity index (χ1n) is 12.1. The standard InChI is InChI=1S/C26H35N3O6/c1-31-13-6-10-28(17-22(30)19-33-20-23-9-5-14-34-23)18-24-25(21-7-3-2-4-8-21)27-35-26(24)29-11-15-32-16-12-29/h2-5,7-9,14,22,30H,6,10-13,15-20H2,1H3. The van der Waals surface area contributed by atoms with Gasteiger partial charge in [0.05, 0.1) is 37.8 Å². The van der Waals surface area contributed by atoms with E-state index < -0.39 is 6.10 Å². The van der Waals surface area contributed by atoms with Crippen LogP contribution in [0.1, 0.15) is 17.7 Å². The minimum atomic E-state index is -0.653. The van der Waals surface area contributed by atoms with Gasteiger partial charge < -0.3 is 33.2 Å². The highest BCUT2D eigenvalue weighted by atomic mass is 16.5. The monoisotopic (exact) mass is 485 g/mol. The number of aliphatic hydroxyl groups is 1. The fourth-order valence-electron chi connectivity index (χ4n) is 4.21. The van der Waals surface area contributed by atoms with Gasteiger partial charge in [-0.25, -0.2) is 0 Å². The van der Waals surface area contributed by atoms with Crippen molar-refractivity contribution in [3.63, 3.8) is 0 Å². The number of anilines is 1. The first-order valence-corrected chi connectivity index (χ1v) is 12.1. The Hall–Kier alpha value is -2.69. The third kappa shape index (κ3) is 7.39. The first kappa shape index (κ1) is 25.4. The number of nitrogens with zero attached hydrogens (tertiary/aromatic N) is 3. The molecular weight excluding hydrogens is 450 g/mol. The summed E-state index contributed by atoms with van der Waals surface area (Å²) in [4.78, 5) is 4.40. The summed E-state index contributed by atoms with van der Waals surface area (Å²) < 4.78 is 27.7. The molecule has 1 atom stereocenters. The summed E-state index contributed by atoms with van der Waals surface area (Å²) in [6.45, 7) is 5.80. The summed E-state index contributed by atoms with van der Waals surface area (Å²) in [6, 6.07) is 13.7. The molecule has 0 saturated carbocycles. The van der Waals surface area contributed by atoms with Gasteiger partial charge in [-0.05, 0) is 18.6 Å². The van der Waals surface area contributed by atoms with E-state index in [1.54, 1.807) is 13.4 Å². The molecule has 4 rings (SSSR count). The van der Waals surface area contributed by atoms with Gasteiger partial charge in [0, 0.05) is 52.0 Å². The van der Waals surface area contributed by atoms with Gasteiger partial charge in [0.2, 0.25) is 5.88 Å². The number of aromatic nitrogens is 1.